The first-order valence-electron chi connectivity index (χ1n) is 10.4. The highest BCUT2D eigenvalue weighted by Gasteiger charge is 2.32. The van der Waals surface area contributed by atoms with Crippen molar-refractivity contribution in [2.75, 3.05) is 12.1 Å². The number of sulfonamides is 1. The number of halogens is 1. The fourth-order valence-corrected chi connectivity index (χ4v) is 4.80. The van der Waals surface area contributed by atoms with Gasteiger partial charge in [-0.25, -0.2) is 17.8 Å². The first-order chi connectivity index (χ1) is 15.0. The Hall–Kier alpha value is -2.97. The van der Waals surface area contributed by atoms with Crippen LogP contribution in [0.5, 0.6) is 0 Å². The van der Waals surface area contributed by atoms with Crippen molar-refractivity contribution in [3.63, 3.8) is 0 Å². The lowest BCUT2D eigenvalue weighted by Crippen LogP contribution is -2.42. The minimum atomic E-state index is -3.83. The third kappa shape index (κ3) is 4.08. The third-order valence-electron chi connectivity index (χ3n) is 5.71. The molecular formula is C24H27FN4O2S. The monoisotopic (exact) mass is 454 g/mol. The van der Waals surface area contributed by atoms with E-state index >= 15 is 0 Å². The summed E-state index contributed by atoms with van der Waals surface area (Å²) in [4.78, 5) is 4.48. The van der Waals surface area contributed by atoms with Gasteiger partial charge >= 0.3 is 0 Å². The van der Waals surface area contributed by atoms with Crippen LogP contribution in [-0.2, 0) is 15.4 Å². The number of hydrogen-bond donors (Lipinski definition) is 1. The van der Waals surface area contributed by atoms with E-state index in [0.29, 0.717) is 22.4 Å². The Morgan fingerprint density at radius 1 is 1.06 bits per heavy atom. The van der Waals surface area contributed by atoms with Crippen LogP contribution < -0.4 is 9.73 Å². The number of benzene rings is 2. The van der Waals surface area contributed by atoms with Crippen LogP contribution in [-0.4, -0.2) is 31.5 Å². The summed E-state index contributed by atoms with van der Waals surface area (Å²) in [5.41, 5.74) is 2.24. The highest BCUT2D eigenvalue weighted by Crippen LogP contribution is 2.33. The van der Waals surface area contributed by atoms with Gasteiger partial charge in [0.25, 0.3) is 10.0 Å². The Bertz CT molecular complexity index is 1300. The number of hydrogen-bond acceptors (Lipinski definition) is 5. The lowest BCUT2D eigenvalue weighted by molar-refractivity contribution is 0.316. The molecule has 4 rings (SSSR count). The van der Waals surface area contributed by atoms with Gasteiger partial charge in [0, 0.05) is 24.7 Å². The molecule has 0 saturated carbocycles. The van der Waals surface area contributed by atoms with E-state index in [1.54, 1.807) is 35.5 Å². The fraction of sp³-hybridized carbons (Fsp3) is 0.292. The fourth-order valence-electron chi connectivity index (χ4n) is 3.76. The van der Waals surface area contributed by atoms with Crippen LogP contribution in [0.4, 0.5) is 10.1 Å². The zero-order chi connectivity index (χ0) is 23.3. The van der Waals surface area contributed by atoms with E-state index in [0.717, 1.165) is 5.56 Å². The van der Waals surface area contributed by atoms with Crippen molar-refractivity contribution in [1.82, 2.24) is 14.7 Å². The molecule has 1 aromatic heterocycles. The minimum absolute atomic E-state index is 0.0731. The van der Waals surface area contributed by atoms with Crippen LogP contribution in [0, 0.1) is 5.82 Å². The van der Waals surface area contributed by atoms with Crippen molar-refractivity contribution in [2.45, 2.75) is 44.0 Å². The molecule has 168 valence electrons. The highest BCUT2D eigenvalue weighted by molar-refractivity contribution is 7.89. The Morgan fingerprint density at radius 3 is 2.41 bits per heavy atom. The van der Waals surface area contributed by atoms with Gasteiger partial charge in [-0.2, -0.15) is 0 Å². The van der Waals surface area contributed by atoms with Crippen molar-refractivity contribution in [3.8, 4) is 0 Å². The average Bonchev–Trinajstić information content (AvgIpc) is 2.99. The summed E-state index contributed by atoms with van der Waals surface area (Å²) >= 11 is 0. The molecule has 1 unspecified atom stereocenters. The van der Waals surface area contributed by atoms with Gasteiger partial charge in [0.1, 0.15) is 11.6 Å². The molecule has 0 aliphatic carbocycles. The van der Waals surface area contributed by atoms with Crippen molar-refractivity contribution in [2.24, 2.45) is 0 Å². The maximum Gasteiger partial charge on any atom is 0.263 e. The van der Waals surface area contributed by atoms with Gasteiger partial charge in [0.2, 0.25) is 0 Å². The van der Waals surface area contributed by atoms with Crippen LogP contribution in [0.25, 0.3) is 10.9 Å². The topological polar surface area (TPSA) is 65.5 Å². The van der Waals surface area contributed by atoms with Gasteiger partial charge in [-0.15, -0.1) is 0 Å². The number of anilines is 1. The molecule has 0 saturated heterocycles. The molecule has 0 amide bonds. The first-order valence-corrected chi connectivity index (χ1v) is 11.9. The summed E-state index contributed by atoms with van der Waals surface area (Å²) in [5.74, 6) is 0.00311. The molecule has 1 aliphatic rings. The second kappa shape index (κ2) is 7.86. The molecule has 32 heavy (non-hydrogen) atoms. The van der Waals surface area contributed by atoms with E-state index in [-0.39, 0.29) is 22.2 Å². The summed E-state index contributed by atoms with van der Waals surface area (Å²) in [6, 6.07) is 13.0. The molecule has 8 heteroatoms. The SMILES string of the molecule is CC1C=C(NS(=O)(=O)c2ccc(C(C)(C)C)cc2)N(c2ccnc3ccc(F)cc23)N1C. The number of rotatable bonds is 4. The second-order valence-corrected chi connectivity index (χ2v) is 10.7. The Kier molecular flexibility index (Phi) is 5.46. The molecule has 0 spiro atoms. The maximum atomic E-state index is 14.0. The lowest BCUT2D eigenvalue weighted by atomic mass is 9.87. The van der Waals surface area contributed by atoms with Crippen molar-refractivity contribution < 1.29 is 12.8 Å². The van der Waals surface area contributed by atoms with Crippen molar-refractivity contribution in [1.29, 1.82) is 0 Å². The van der Waals surface area contributed by atoms with E-state index in [4.69, 9.17) is 0 Å². The number of nitrogens with one attached hydrogen (secondary N) is 1. The summed E-state index contributed by atoms with van der Waals surface area (Å²) in [6.07, 6.45) is 3.45. The molecule has 1 aliphatic heterocycles. The van der Waals surface area contributed by atoms with Gasteiger partial charge in [-0.3, -0.25) is 14.7 Å². The maximum absolute atomic E-state index is 14.0. The molecule has 2 heterocycles. The van der Waals surface area contributed by atoms with E-state index in [1.165, 1.54) is 12.1 Å². The predicted octanol–water partition coefficient (Wildman–Crippen LogP) is 4.55. The number of likely N-dealkylation sites (N-methyl/N-ethyl adjacent to an activating group) is 1. The number of pyridine rings is 1. The molecule has 2 aromatic carbocycles. The van der Waals surface area contributed by atoms with Crippen molar-refractivity contribution >= 4 is 26.6 Å². The number of aromatic nitrogens is 1. The number of hydrazine groups is 1. The quantitative estimate of drug-likeness (QED) is 0.627. The summed E-state index contributed by atoms with van der Waals surface area (Å²) < 4.78 is 43.1. The standard InChI is InChI=1S/C24H27FN4O2S/c1-16-14-23(27-32(30,31)19-9-6-17(7-10-19)24(2,3)4)29(28(16)5)22-12-13-26-21-11-8-18(25)15-20(21)22/h6-16,27H,1-5H3. The van der Waals surface area contributed by atoms with E-state index in [1.807, 2.05) is 37.2 Å². The summed E-state index contributed by atoms with van der Waals surface area (Å²) in [5, 5.41) is 4.23. The molecule has 3 aromatic rings. The normalized spacial score (nSPS) is 17.6. The average molecular weight is 455 g/mol. The molecule has 1 N–H and O–H groups in total. The number of fused-ring (bicyclic) bond motifs is 1. The summed E-state index contributed by atoms with van der Waals surface area (Å²) in [7, 11) is -1.98. The first kappa shape index (κ1) is 22.2. The van der Waals surface area contributed by atoms with Crippen LogP contribution in [0.1, 0.15) is 33.3 Å². The van der Waals surface area contributed by atoms with Crippen LogP contribution >= 0.6 is 0 Å². The number of nitrogens with zero attached hydrogens (tertiary/aromatic N) is 3. The third-order valence-corrected chi connectivity index (χ3v) is 7.08. The Balaban J connectivity index is 1.72. The molecule has 1 atom stereocenters. The van der Waals surface area contributed by atoms with Gasteiger partial charge in [-0.1, -0.05) is 32.9 Å². The Morgan fingerprint density at radius 2 is 1.75 bits per heavy atom. The van der Waals surface area contributed by atoms with Crippen LogP contribution in [0.2, 0.25) is 0 Å². The van der Waals surface area contributed by atoms with Gasteiger partial charge < -0.3 is 0 Å². The largest absolute Gasteiger partial charge is 0.264 e. The van der Waals surface area contributed by atoms with Crippen LogP contribution in [0.15, 0.2) is 71.5 Å². The van der Waals surface area contributed by atoms with Gasteiger partial charge in [0.15, 0.2) is 0 Å². The van der Waals surface area contributed by atoms with Crippen molar-refractivity contribution in [3.05, 3.63) is 78.0 Å². The van der Waals surface area contributed by atoms with E-state index in [2.05, 4.69) is 30.5 Å². The minimum Gasteiger partial charge on any atom is -0.264 e. The van der Waals surface area contributed by atoms with Gasteiger partial charge in [-0.05, 0) is 60.4 Å². The van der Waals surface area contributed by atoms with E-state index in [9.17, 15) is 12.8 Å². The van der Waals surface area contributed by atoms with Gasteiger partial charge in [0.05, 0.1) is 16.1 Å². The zero-order valence-electron chi connectivity index (χ0n) is 18.8. The predicted molar refractivity (Wildman–Crippen MR) is 125 cm³/mol. The smallest absolute Gasteiger partial charge is 0.263 e. The van der Waals surface area contributed by atoms with Crippen LogP contribution in [0.3, 0.4) is 0 Å². The second-order valence-electron chi connectivity index (χ2n) is 9.05. The molecular weight excluding hydrogens is 427 g/mol. The zero-order valence-corrected chi connectivity index (χ0v) is 19.6. The highest BCUT2D eigenvalue weighted by atomic mass is 32.2. The Labute approximate surface area is 188 Å². The summed E-state index contributed by atoms with van der Waals surface area (Å²) in [6.45, 7) is 8.19. The molecule has 0 bridgehead atoms. The molecule has 6 nitrogen and oxygen atoms in total. The molecule has 0 fully saturated rings. The van der Waals surface area contributed by atoms with E-state index < -0.39 is 10.0 Å². The lowest BCUT2D eigenvalue weighted by Gasteiger charge is -2.32. The molecule has 0 radical (unpaired) electrons.